The minimum atomic E-state index is 0.150. The van der Waals surface area contributed by atoms with Crippen LogP contribution >= 0.6 is 0 Å². The fraction of sp³-hybridized carbons (Fsp3) is 0.241. The molecule has 31 heavy (non-hydrogen) atoms. The number of ether oxygens (including phenoxy) is 1. The lowest BCUT2D eigenvalue weighted by Gasteiger charge is -2.33. The molecule has 0 saturated heterocycles. The largest absolute Gasteiger partial charge is 0.489 e. The van der Waals surface area contributed by atoms with E-state index in [1.165, 1.54) is 38.6 Å². The molecule has 0 bridgehead atoms. The molecule has 1 aliphatic heterocycles. The highest BCUT2D eigenvalue weighted by Crippen LogP contribution is 2.40. The molecule has 2 nitrogen and oxygen atoms in total. The Bertz CT molecular complexity index is 1210. The van der Waals surface area contributed by atoms with Gasteiger partial charge in [0.1, 0.15) is 11.9 Å². The van der Waals surface area contributed by atoms with Crippen molar-refractivity contribution in [3.05, 3.63) is 113 Å². The zero-order valence-corrected chi connectivity index (χ0v) is 18.3. The summed E-state index contributed by atoms with van der Waals surface area (Å²) in [5.41, 5.74) is 6.72. The zero-order chi connectivity index (χ0) is 21.2. The van der Waals surface area contributed by atoms with E-state index in [0.717, 1.165) is 25.3 Å². The standard InChI is InChI=1S/C29H29NO/c1-20-14-15-23(16-21(20)2)28-17-25(31-29-13-6-5-12-27(28)29)19-30-18-24-10-7-9-22-8-3-4-11-26(22)24/h3-16,25,28,30H,17-19H2,1-2H3. The van der Waals surface area contributed by atoms with Crippen molar-refractivity contribution >= 4 is 10.8 Å². The number of aryl methyl sites for hydroxylation is 2. The first kappa shape index (κ1) is 19.8. The predicted molar refractivity (Wildman–Crippen MR) is 129 cm³/mol. The third-order valence-corrected chi connectivity index (χ3v) is 6.59. The maximum atomic E-state index is 6.40. The molecule has 0 radical (unpaired) electrons. The molecule has 1 aliphatic rings. The Labute approximate surface area is 184 Å². The van der Waals surface area contributed by atoms with Crippen LogP contribution in [0.4, 0.5) is 0 Å². The summed E-state index contributed by atoms with van der Waals surface area (Å²) in [5, 5.41) is 6.27. The topological polar surface area (TPSA) is 21.3 Å². The molecular formula is C29H29NO. The third kappa shape index (κ3) is 4.08. The molecule has 0 aliphatic carbocycles. The minimum Gasteiger partial charge on any atom is -0.489 e. The molecule has 0 amide bonds. The van der Waals surface area contributed by atoms with E-state index < -0.39 is 0 Å². The second-order valence-corrected chi connectivity index (χ2v) is 8.68. The van der Waals surface area contributed by atoms with Crippen molar-refractivity contribution < 1.29 is 4.74 Å². The van der Waals surface area contributed by atoms with Crippen LogP contribution in [0.25, 0.3) is 10.8 Å². The predicted octanol–water partition coefficient (Wildman–Crippen LogP) is 6.53. The molecule has 0 fully saturated rings. The van der Waals surface area contributed by atoms with Crippen molar-refractivity contribution in [1.29, 1.82) is 0 Å². The van der Waals surface area contributed by atoms with Crippen molar-refractivity contribution in [2.45, 2.75) is 38.8 Å². The summed E-state index contributed by atoms with van der Waals surface area (Å²) in [6.45, 7) is 6.06. The van der Waals surface area contributed by atoms with Gasteiger partial charge in [0.2, 0.25) is 0 Å². The number of fused-ring (bicyclic) bond motifs is 2. The van der Waals surface area contributed by atoms with E-state index in [2.05, 4.69) is 104 Å². The van der Waals surface area contributed by atoms with Crippen LogP contribution in [0.1, 0.15) is 40.2 Å². The van der Waals surface area contributed by atoms with Crippen LogP contribution in [-0.2, 0) is 6.54 Å². The summed E-state index contributed by atoms with van der Waals surface area (Å²) in [5.74, 6) is 1.39. The highest BCUT2D eigenvalue weighted by molar-refractivity contribution is 5.85. The SMILES string of the molecule is Cc1ccc(C2CC(CNCc3cccc4ccccc34)Oc3ccccc32)cc1C. The number of rotatable bonds is 5. The molecule has 0 saturated carbocycles. The number of hydrogen-bond donors (Lipinski definition) is 1. The molecule has 156 valence electrons. The van der Waals surface area contributed by atoms with E-state index in [0.29, 0.717) is 5.92 Å². The second-order valence-electron chi connectivity index (χ2n) is 8.68. The van der Waals surface area contributed by atoms with E-state index in [1.54, 1.807) is 0 Å². The quantitative estimate of drug-likeness (QED) is 0.406. The average molecular weight is 408 g/mol. The van der Waals surface area contributed by atoms with Gasteiger partial charge in [-0.25, -0.2) is 0 Å². The highest BCUT2D eigenvalue weighted by atomic mass is 16.5. The first-order chi connectivity index (χ1) is 15.2. The third-order valence-electron chi connectivity index (χ3n) is 6.59. The van der Waals surface area contributed by atoms with Crippen LogP contribution in [-0.4, -0.2) is 12.6 Å². The minimum absolute atomic E-state index is 0.150. The molecule has 1 N–H and O–H groups in total. The van der Waals surface area contributed by atoms with Gasteiger partial charge in [-0.2, -0.15) is 0 Å². The van der Waals surface area contributed by atoms with E-state index >= 15 is 0 Å². The van der Waals surface area contributed by atoms with Gasteiger partial charge in [0.15, 0.2) is 0 Å². The van der Waals surface area contributed by atoms with Crippen LogP contribution < -0.4 is 10.1 Å². The van der Waals surface area contributed by atoms with E-state index in [4.69, 9.17) is 4.74 Å². The van der Waals surface area contributed by atoms with Crippen LogP contribution in [0.3, 0.4) is 0 Å². The van der Waals surface area contributed by atoms with E-state index in [9.17, 15) is 0 Å². The molecule has 2 atom stereocenters. The lowest BCUT2D eigenvalue weighted by atomic mass is 9.83. The highest BCUT2D eigenvalue weighted by Gasteiger charge is 2.29. The Morgan fingerprint density at radius 3 is 2.55 bits per heavy atom. The van der Waals surface area contributed by atoms with Crippen molar-refractivity contribution in [3.8, 4) is 5.75 Å². The maximum absolute atomic E-state index is 6.40. The van der Waals surface area contributed by atoms with Crippen molar-refractivity contribution in [1.82, 2.24) is 5.32 Å². The van der Waals surface area contributed by atoms with Crippen molar-refractivity contribution in [2.75, 3.05) is 6.54 Å². The molecular weight excluding hydrogens is 378 g/mol. The Morgan fingerprint density at radius 1 is 0.839 bits per heavy atom. The van der Waals surface area contributed by atoms with Gasteiger partial charge in [-0.1, -0.05) is 78.9 Å². The molecule has 1 heterocycles. The average Bonchev–Trinajstić information content (AvgIpc) is 2.80. The smallest absolute Gasteiger partial charge is 0.123 e. The molecule has 2 heteroatoms. The van der Waals surface area contributed by atoms with Crippen LogP contribution in [0, 0.1) is 13.8 Å². The molecule has 0 spiro atoms. The van der Waals surface area contributed by atoms with Gasteiger partial charge in [-0.3, -0.25) is 0 Å². The van der Waals surface area contributed by atoms with Gasteiger partial charge in [-0.05, 0) is 59.4 Å². The number of hydrogen-bond acceptors (Lipinski definition) is 2. The lowest BCUT2D eigenvalue weighted by molar-refractivity contribution is 0.162. The Hall–Kier alpha value is -3.10. The van der Waals surface area contributed by atoms with E-state index in [1.807, 2.05) is 0 Å². The second kappa shape index (κ2) is 8.56. The molecule has 5 rings (SSSR count). The Morgan fingerprint density at radius 2 is 1.65 bits per heavy atom. The number of para-hydroxylation sites is 1. The number of nitrogens with one attached hydrogen (secondary N) is 1. The summed E-state index contributed by atoms with van der Waals surface area (Å²) < 4.78 is 6.40. The fourth-order valence-electron chi connectivity index (χ4n) is 4.73. The summed E-state index contributed by atoms with van der Waals surface area (Å²) in [6.07, 6.45) is 1.14. The Kier molecular flexibility index (Phi) is 5.48. The molecule has 4 aromatic carbocycles. The van der Waals surface area contributed by atoms with Crippen LogP contribution in [0.2, 0.25) is 0 Å². The van der Waals surface area contributed by atoms with E-state index in [-0.39, 0.29) is 6.10 Å². The lowest BCUT2D eigenvalue weighted by Crippen LogP contribution is -2.35. The maximum Gasteiger partial charge on any atom is 0.123 e. The van der Waals surface area contributed by atoms with Crippen molar-refractivity contribution in [2.24, 2.45) is 0 Å². The number of benzene rings is 4. The van der Waals surface area contributed by atoms with Gasteiger partial charge in [0.25, 0.3) is 0 Å². The van der Waals surface area contributed by atoms with Gasteiger partial charge in [-0.15, -0.1) is 0 Å². The summed E-state index contributed by atoms with van der Waals surface area (Å²) in [6, 6.07) is 30.5. The Balaban J connectivity index is 1.34. The summed E-state index contributed by atoms with van der Waals surface area (Å²) >= 11 is 0. The zero-order valence-electron chi connectivity index (χ0n) is 18.3. The van der Waals surface area contributed by atoms with Gasteiger partial charge in [0, 0.05) is 24.6 Å². The van der Waals surface area contributed by atoms with Crippen molar-refractivity contribution in [3.63, 3.8) is 0 Å². The van der Waals surface area contributed by atoms with Gasteiger partial charge in [0.05, 0.1) is 0 Å². The first-order valence-electron chi connectivity index (χ1n) is 11.2. The molecule has 0 aromatic heterocycles. The van der Waals surface area contributed by atoms with Gasteiger partial charge < -0.3 is 10.1 Å². The fourth-order valence-corrected chi connectivity index (χ4v) is 4.73. The monoisotopic (exact) mass is 407 g/mol. The molecule has 4 aromatic rings. The summed E-state index contributed by atoms with van der Waals surface area (Å²) in [7, 11) is 0. The summed E-state index contributed by atoms with van der Waals surface area (Å²) in [4.78, 5) is 0. The van der Waals surface area contributed by atoms with Crippen LogP contribution in [0.5, 0.6) is 5.75 Å². The molecule has 2 unspecified atom stereocenters. The first-order valence-corrected chi connectivity index (χ1v) is 11.2. The van der Waals surface area contributed by atoms with Gasteiger partial charge >= 0.3 is 0 Å². The van der Waals surface area contributed by atoms with Crippen LogP contribution in [0.15, 0.2) is 84.9 Å². The normalized spacial score (nSPS) is 17.9.